The second-order valence-corrected chi connectivity index (χ2v) is 12.2. The smallest absolute Gasteiger partial charge is 0.183 e. The Morgan fingerprint density at radius 2 is 1.74 bits per heavy atom. The van der Waals surface area contributed by atoms with E-state index in [2.05, 4.69) is 9.88 Å². The first-order valence-corrected chi connectivity index (χ1v) is 13.7. The van der Waals surface area contributed by atoms with Crippen molar-refractivity contribution in [1.82, 2.24) is 9.88 Å². The zero-order valence-corrected chi connectivity index (χ0v) is 19.1. The summed E-state index contributed by atoms with van der Waals surface area (Å²) in [6, 6.07) is 11.4. The monoisotopic (exact) mass is 465 g/mol. The molecule has 1 aromatic heterocycles. The third kappa shape index (κ3) is 4.70. The second-order valence-electron chi connectivity index (χ2n) is 7.84. The van der Waals surface area contributed by atoms with E-state index in [1.165, 1.54) is 12.1 Å². The quantitative estimate of drug-likeness (QED) is 0.629. The zero-order valence-electron chi connectivity index (χ0n) is 17.4. The van der Waals surface area contributed by atoms with E-state index in [4.69, 9.17) is 4.74 Å². The van der Waals surface area contributed by atoms with Crippen molar-refractivity contribution in [3.05, 3.63) is 48.7 Å². The van der Waals surface area contributed by atoms with E-state index >= 15 is 0 Å². The van der Waals surface area contributed by atoms with E-state index in [0.717, 1.165) is 5.82 Å². The minimum atomic E-state index is -3.81. The fourth-order valence-electron chi connectivity index (χ4n) is 4.32. The van der Waals surface area contributed by atoms with E-state index in [0.29, 0.717) is 38.5 Å². The van der Waals surface area contributed by atoms with Crippen molar-refractivity contribution in [2.75, 3.05) is 49.2 Å². The van der Waals surface area contributed by atoms with Crippen LogP contribution >= 0.6 is 0 Å². The van der Waals surface area contributed by atoms with Crippen LogP contribution < -0.4 is 9.64 Å². The Morgan fingerprint density at radius 1 is 1.03 bits per heavy atom. The van der Waals surface area contributed by atoms with Gasteiger partial charge in [-0.3, -0.25) is 4.90 Å². The first-order valence-electron chi connectivity index (χ1n) is 10.4. The van der Waals surface area contributed by atoms with Crippen LogP contribution in [0.5, 0.6) is 5.75 Å². The molecule has 0 spiro atoms. The SMILES string of the molecule is CCOc1ccc(S(=O)(=O)[C@H]2CS(=O)(=O)C[C@@H]2N2CCN(c3ccccn3)CC2)cc1. The van der Waals surface area contributed by atoms with Crippen LogP contribution in [0.15, 0.2) is 53.6 Å². The van der Waals surface area contributed by atoms with Crippen molar-refractivity contribution in [3.8, 4) is 5.75 Å². The van der Waals surface area contributed by atoms with E-state index in [-0.39, 0.29) is 16.4 Å². The van der Waals surface area contributed by atoms with Gasteiger partial charge in [0.25, 0.3) is 0 Å². The Labute approximate surface area is 183 Å². The lowest BCUT2D eigenvalue weighted by atomic mass is 10.2. The van der Waals surface area contributed by atoms with Crippen LogP contribution in [0, 0.1) is 0 Å². The summed E-state index contributed by atoms with van der Waals surface area (Å²) < 4.78 is 57.1. The molecule has 2 aliphatic rings. The van der Waals surface area contributed by atoms with Crippen molar-refractivity contribution >= 4 is 25.5 Å². The number of anilines is 1. The van der Waals surface area contributed by atoms with Crippen LogP contribution in [0.4, 0.5) is 5.82 Å². The van der Waals surface area contributed by atoms with Crippen molar-refractivity contribution in [1.29, 1.82) is 0 Å². The highest BCUT2D eigenvalue weighted by Gasteiger charge is 2.48. The van der Waals surface area contributed by atoms with E-state index in [1.54, 1.807) is 18.3 Å². The molecule has 168 valence electrons. The fourth-order valence-corrected chi connectivity index (χ4v) is 9.15. The van der Waals surface area contributed by atoms with Crippen LogP contribution in [-0.2, 0) is 19.7 Å². The maximum atomic E-state index is 13.4. The van der Waals surface area contributed by atoms with Gasteiger partial charge in [0.2, 0.25) is 0 Å². The summed E-state index contributed by atoms with van der Waals surface area (Å²) in [4.78, 5) is 8.65. The number of nitrogens with zero attached hydrogens (tertiary/aromatic N) is 3. The Bertz CT molecular complexity index is 1100. The second kappa shape index (κ2) is 8.76. The molecule has 10 heteroatoms. The Hall–Kier alpha value is -2.17. The highest BCUT2D eigenvalue weighted by molar-refractivity contribution is 7.96. The van der Waals surface area contributed by atoms with Gasteiger partial charge in [0.15, 0.2) is 19.7 Å². The van der Waals surface area contributed by atoms with Crippen molar-refractivity contribution in [2.45, 2.75) is 23.1 Å². The summed E-state index contributed by atoms with van der Waals surface area (Å²) in [5.74, 6) is 0.994. The average Bonchev–Trinajstić information content (AvgIpc) is 3.11. The number of pyridine rings is 1. The van der Waals surface area contributed by atoms with Gasteiger partial charge >= 0.3 is 0 Å². The number of benzene rings is 1. The molecule has 0 bridgehead atoms. The molecule has 3 heterocycles. The normalized spacial score (nSPS) is 24.2. The van der Waals surface area contributed by atoms with E-state index < -0.39 is 31.0 Å². The number of hydrogen-bond donors (Lipinski definition) is 0. The first-order chi connectivity index (χ1) is 14.8. The van der Waals surface area contributed by atoms with Crippen molar-refractivity contribution in [2.24, 2.45) is 0 Å². The van der Waals surface area contributed by atoms with Crippen LogP contribution in [0.2, 0.25) is 0 Å². The molecule has 0 radical (unpaired) electrons. The van der Waals surface area contributed by atoms with Crippen molar-refractivity contribution in [3.63, 3.8) is 0 Å². The lowest BCUT2D eigenvalue weighted by Crippen LogP contribution is -2.55. The van der Waals surface area contributed by atoms with Crippen LogP contribution in [-0.4, -0.2) is 82.3 Å². The van der Waals surface area contributed by atoms with Crippen LogP contribution in [0.1, 0.15) is 6.92 Å². The molecule has 8 nitrogen and oxygen atoms in total. The number of rotatable bonds is 6. The molecule has 2 atom stereocenters. The van der Waals surface area contributed by atoms with Gasteiger partial charge in [0, 0.05) is 38.4 Å². The first kappa shape index (κ1) is 22.0. The predicted octanol–water partition coefficient (Wildman–Crippen LogP) is 1.24. The summed E-state index contributed by atoms with van der Waals surface area (Å²) in [6.07, 6.45) is 1.74. The largest absolute Gasteiger partial charge is 0.494 e. The number of hydrogen-bond acceptors (Lipinski definition) is 8. The molecule has 31 heavy (non-hydrogen) atoms. The lowest BCUT2D eigenvalue weighted by molar-refractivity contribution is 0.201. The number of piperazine rings is 1. The highest BCUT2D eigenvalue weighted by atomic mass is 32.2. The number of ether oxygens (including phenoxy) is 1. The molecule has 0 unspecified atom stereocenters. The van der Waals surface area contributed by atoms with Gasteiger partial charge in [0.05, 0.1) is 28.3 Å². The molecule has 2 aliphatic heterocycles. The maximum absolute atomic E-state index is 13.4. The van der Waals surface area contributed by atoms with E-state index in [9.17, 15) is 16.8 Å². The molecule has 1 aromatic carbocycles. The van der Waals surface area contributed by atoms with Crippen molar-refractivity contribution < 1.29 is 21.6 Å². The van der Waals surface area contributed by atoms with Gasteiger partial charge in [-0.2, -0.15) is 0 Å². The number of sulfone groups is 2. The third-order valence-corrected chi connectivity index (χ3v) is 10.0. The standard InChI is InChI=1S/C21H27N3O5S2/c1-2-29-17-6-8-18(9-7-17)31(27,28)20-16-30(25,26)15-19(20)23-11-13-24(14-12-23)21-5-3-4-10-22-21/h3-10,19-20H,2,11-16H2,1H3/t19-,20-/m0/s1. The van der Waals surface area contributed by atoms with E-state index in [1.807, 2.05) is 30.0 Å². The van der Waals surface area contributed by atoms with Gasteiger partial charge in [-0.1, -0.05) is 6.07 Å². The fraction of sp³-hybridized carbons (Fsp3) is 0.476. The Morgan fingerprint density at radius 3 is 2.35 bits per heavy atom. The maximum Gasteiger partial charge on any atom is 0.183 e. The zero-order chi connectivity index (χ0) is 22.1. The Kier molecular flexibility index (Phi) is 6.23. The third-order valence-electron chi connectivity index (χ3n) is 5.89. The molecule has 2 saturated heterocycles. The lowest BCUT2D eigenvalue weighted by Gasteiger charge is -2.39. The molecule has 2 fully saturated rings. The molecule has 2 aromatic rings. The van der Waals surface area contributed by atoms with Gasteiger partial charge in [-0.25, -0.2) is 21.8 Å². The molecule has 0 amide bonds. The summed E-state index contributed by atoms with van der Waals surface area (Å²) in [5, 5.41) is -0.975. The molecule has 0 aliphatic carbocycles. The highest BCUT2D eigenvalue weighted by Crippen LogP contribution is 2.30. The molecule has 4 rings (SSSR count). The minimum absolute atomic E-state index is 0.127. The molecule has 0 saturated carbocycles. The molecular weight excluding hydrogens is 438 g/mol. The Balaban J connectivity index is 1.53. The summed E-state index contributed by atoms with van der Waals surface area (Å²) in [6.45, 7) is 4.86. The predicted molar refractivity (Wildman–Crippen MR) is 119 cm³/mol. The van der Waals surface area contributed by atoms with Gasteiger partial charge in [-0.15, -0.1) is 0 Å². The summed E-state index contributed by atoms with van der Waals surface area (Å²) >= 11 is 0. The van der Waals surface area contributed by atoms with Crippen LogP contribution in [0.3, 0.4) is 0 Å². The molecule has 0 N–H and O–H groups in total. The average molecular weight is 466 g/mol. The van der Waals surface area contributed by atoms with Gasteiger partial charge in [0.1, 0.15) is 11.6 Å². The van der Waals surface area contributed by atoms with Gasteiger partial charge < -0.3 is 9.64 Å². The van der Waals surface area contributed by atoms with Gasteiger partial charge in [-0.05, 0) is 43.3 Å². The number of aromatic nitrogens is 1. The minimum Gasteiger partial charge on any atom is -0.494 e. The molecular formula is C21H27N3O5S2. The van der Waals surface area contributed by atoms with Crippen LogP contribution in [0.25, 0.3) is 0 Å². The summed E-state index contributed by atoms with van der Waals surface area (Å²) in [7, 11) is -7.25. The topological polar surface area (TPSA) is 96.9 Å². The summed E-state index contributed by atoms with van der Waals surface area (Å²) in [5.41, 5.74) is 0.